The fraction of sp³-hybridized carbons (Fsp3) is 0.235. The summed E-state index contributed by atoms with van der Waals surface area (Å²) in [5, 5.41) is 0.898. The lowest BCUT2D eigenvalue weighted by atomic mass is 10.0. The summed E-state index contributed by atoms with van der Waals surface area (Å²) in [6, 6.07) is 7.40. The van der Waals surface area contributed by atoms with Gasteiger partial charge in [-0.05, 0) is 38.1 Å². The number of aromatic nitrogens is 3. The van der Waals surface area contributed by atoms with E-state index in [1.165, 1.54) is 0 Å². The highest BCUT2D eigenvalue weighted by atomic mass is 16.5. The van der Waals surface area contributed by atoms with Crippen molar-refractivity contribution in [2.75, 3.05) is 6.61 Å². The number of benzene rings is 1. The van der Waals surface area contributed by atoms with Crippen LogP contribution in [0, 0.1) is 6.92 Å². The molecule has 1 aromatic carbocycles. The lowest BCUT2D eigenvalue weighted by molar-refractivity contribution is 0.0526. The first kappa shape index (κ1) is 14.3. The summed E-state index contributed by atoms with van der Waals surface area (Å²) in [6.45, 7) is 4.10. The van der Waals surface area contributed by atoms with E-state index >= 15 is 0 Å². The van der Waals surface area contributed by atoms with E-state index in [1.54, 1.807) is 19.3 Å². The van der Waals surface area contributed by atoms with Crippen LogP contribution in [0.4, 0.5) is 0 Å². The molecular formula is C17H17N3O2. The fourth-order valence-electron chi connectivity index (χ4n) is 2.46. The predicted molar refractivity (Wildman–Crippen MR) is 84.6 cm³/mol. The molecule has 0 saturated heterocycles. The molecular weight excluding hydrogens is 278 g/mol. The molecule has 5 nitrogen and oxygen atoms in total. The zero-order valence-corrected chi connectivity index (χ0v) is 12.8. The summed E-state index contributed by atoms with van der Waals surface area (Å²) >= 11 is 0. The molecule has 22 heavy (non-hydrogen) atoms. The summed E-state index contributed by atoms with van der Waals surface area (Å²) in [5.74, 6) is -0.322. The molecule has 0 atom stereocenters. The molecule has 0 bridgehead atoms. The van der Waals surface area contributed by atoms with Gasteiger partial charge in [-0.25, -0.2) is 9.78 Å². The first-order valence-electron chi connectivity index (χ1n) is 7.15. The summed E-state index contributed by atoms with van der Waals surface area (Å²) in [7, 11) is 1.93. The van der Waals surface area contributed by atoms with Crippen molar-refractivity contribution in [1.29, 1.82) is 0 Å². The number of fused-ring (bicyclic) bond motifs is 1. The molecule has 0 spiro atoms. The van der Waals surface area contributed by atoms with Gasteiger partial charge in [0, 0.05) is 29.9 Å². The van der Waals surface area contributed by atoms with Gasteiger partial charge in [-0.1, -0.05) is 0 Å². The van der Waals surface area contributed by atoms with Gasteiger partial charge < -0.3 is 9.30 Å². The monoisotopic (exact) mass is 295 g/mol. The maximum Gasteiger partial charge on any atom is 0.338 e. The maximum absolute atomic E-state index is 11.9. The third-order valence-corrected chi connectivity index (χ3v) is 3.43. The van der Waals surface area contributed by atoms with Crippen LogP contribution in [0.15, 0.2) is 36.8 Å². The molecule has 0 saturated carbocycles. The first-order valence-corrected chi connectivity index (χ1v) is 7.15. The van der Waals surface area contributed by atoms with Crippen molar-refractivity contribution in [3.05, 3.63) is 48.0 Å². The van der Waals surface area contributed by atoms with E-state index in [9.17, 15) is 4.79 Å². The molecule has 0 aliphatic heterocycles. The fourth-order valence-corrected chi connectivity index (χ4v) is 2.46. The number of aryl methyl sites for hydroxylation is 2. The lowest BCUT2D eigenvalue weighted by Crippen LogP contribution is -2.04. The van der Waals surface area contributed by atoms with Crippen molar-refractivity contribution in [2.45, 2.75) is 13.8 Å². The van der Waals surface area contributed by atoms with Crippen LogP contribution in [0.3, 0.4) is 0 Å². The van der Waals surface area contributed by atoms with Crippen LogP contribution in [0.1, 0.15) is 23.0 Å². The Labute approximate surface area is 128 Å². The van der Waals surface area contributed by atoms with Gasteiger partial charge in [-0.15, -0.1) is 0 Å². The molecule has 0 aliphatic rings. The van der Waals surface area contributed by atoms with Gasteiger partial charge in [-0.3, -0.25) is 4.98 Å². The highest BCUT2D eigenvalue weighted by Gasteiger charge is 2.13. The molecule has 0 radical (unpaired) electrons. The molecule has 0 amide bonds. The highest BCUT2D eigenvalue weighted by Crippen LogP contribution is 2.28. The summed E-state index contributed by atoms with van der Waals surface area (Å²) < 4.78 is 6.97. The Balaban J connectivity index is 2.21. The zero-order valence-electron chi connectivity index (χ0n) is 12.8. The quantitative estimate of drug-likeness (QED) is 0.697. The Bertz CT molecular complexity index is 852. The van der Waals surface area contributed by atoms with Crippen molar-refractivity contribution in [3.8, 4) is 11.3 Å². The molecule has 112 valence electrons. The van der Waals surface area contributed by atoms with Crippen molar-refractivity contribution in [1.82, 2.24) is 14.5 Å². The highest BCUT2D eigenvalue weighted by molar-refractivity contribution is 5.99. The van der Waals surface area contributed by atoms with Gasteiger partial charge in [0.05, 0.1) is 29.7 Å². The predicted octanol–water partition coefficient (Wildman–Crippen LogP) is 3.12. The number of hydrogen-bond acceptors (Lipinski definition) is 4. The van der Waals surface area contributed by atoms with Gasteiger partial charge in [0.1, 0.15) is 0 Å². The molecule has 0 fully saturated rings. The second kappa shape index (κ2) is 5.60. The standard InChI is InChI=1S/C17H17N3O2/c1-4-22-17(21)12-5-6-15-14(8-12)13(7-11(2)19-15)16-9-20(3)10-18-16/h5-10H,4H2,1-3H3. The van der Waals surface area contributed by atoms with E-state index in [4.69, 9.17) is 4.74 Å². The molecule has 3 rings (SSSR count). The van der Waals surface area contributed by atoms with Crippen LogP contribution >= 0.6 is 0 Å². The summed E-state index contributed by atoms with van der Waals surface area (Å²) in [4.78, 5) is 20.9. The van der Waals surface area contributed by atoms with Crippen LogP contribution in [0.25, 0.3) is 22.2 Å². The van der Waals surface area contributed by atoms with E-state index < -0.39 is 0 Å². The molecule has 0 unspecified atom stereocenters. The lowest BCUT2D eigenvalue weighted by Gasteiger charge is -2.08. The Kier molecular flexibility index (Phi) is 3.63. The Morgan fingerprint density at radius 2 is 2.14 bits per heavy atom. The number of imidazole rings is 1. The van der Waals surface area contributed by atoms with Crippen LogP contribution in [-0.4, -0.2) is 27.1 Å². The molecule has 2 heterocycles. The van der Waals surface area contributed by atoms with Gasteiger partial charge in [-0.2, -0.15) is 0 Å². The average molecular weight is 295 g/mol. The average Bonchev–Trinajstić information content (AvgIpc) is 2.92. The molecule has 0 aliphatic carbocycles. The number of nitrogens with zero attached hydrogens (tertiary/aromatic N) is 3. The van der Waals surface area contributed by atoms with Gasteiger partial charge >= 0.3 is 5.97 Å². The molecule has 5 heteroatoms. The number of pyridine rings is 1. The smallest absolute Gasteiger partial charge is 0.338 e. The number of rotatable bonds is 3. The SMILES string of the molecule is CCOC(=O)c1ccc2nc(C)cc(-c3cn(C)cn3)c2c1. The number of carbonyl (C=O) groups is 1. The topological polar surface area (TPSA) is 57.0 Å². The summed E-state index contributed by atoms with van der Waals surface area (Å²) in [5.41, 5.74) is 4.11. The minimum atomic E-state index is -0.322. The minimum Gasteiger partial charge on any atom is -0.462 e. The number of esters is 1. The van der Waals surface area contributed by atoms with Gasteiger partial charge in [0.25, 0.3) is 0 Å². The number of hydrogen-bond donors (Lipinski definition) is 0. The first-order chi connectivity index (χ1) is 10.6. The largest absolute Gasteiger partial charge is 0.462 e. The maximum atomic E-state index is 11.9. The van der Waals surface area contributed by atoms with E-state index in [0.29, 0.717) is 12.2 Å². The zero-order chi connectivity index (χ0) is 15.7. The van der Waals surface area contributed by atoms with Gasteiger partial charge in [0.2, 0.25) is 0 Å². The van der Waals surface area contributed by atoms with E-state index in [1.807, 2.05) is 42.9 Å². The van der Waals surface area contributed by atoms with E-state index in [-0.39, 0.29) is 5.97 Å². The van der Waals surface area contributed by atoms with Crippen molar-refractivity contribution in [2.24, 2.45) is 7.05 Å². The van der Waals surface area contributed by atoms with E-state index in [2.05, 4.69) is 9.97 Å². The van der Waals surface area contributed by atoms with Gasteiger partial charge in [0.15, 0.2) is 0 Å². The van der Waals surface area contributed by atoms with E-state index in [0.717, 1.165) is 27.9 Å². The Morgan fingerprint density at radius 3 is 2.82 bits per heavy atom. The summed E-state index contributed by atoms with van der Waals surface area (Å²) in [6.07, 6.45) is 3.71. The van der Waals surface area contributed by atoms with Crippen LogP contribution in [0.2, 0.25) is 0 Å². The number of ether oxygens (including phenoxy) is 1. The normalized spacial score (nSPS) is 10.9. The molecule has 3 aromatic rings. The number of carbonyl (C=O) groups excluding carboxylic acids is 1. The second-order valence-electron chi connectivity index (χ2n) is 5.19. The Hall–Kier alpha value is -2.69. The van der Waals surface area contributed by atoms with Crippen LogP contribution < -0.4 is 0 Å². The minimum absolute atomic E-state index is 0.322. The van der Waals surface area contributed by atoms with Crippen molar-refractivity contribution >= 4 is 16.9 Å². The second-order valence-corrected chi connectivity index (χ2v) is 5.19. The van der Waals surface area contributed by atoms with Crippen LogP contribution in [0.5, 0.6) is 0 Å². The van der Waals surface area contributed by atoms with Crippen molar-refractivity contribution < 1.29 is 9.53 Å². The Morgan fingerprint density at radius 1 is 1.32 bits per heavy atom. The van der Waals surface area contributed by atoms with Crippen molar-refractivity contribution in [3.63, 3.8) is 0 Å². The van der Waals surface area contributed by atoms with Crippen LogP contribution in [-0.2, 0) is 11.8 Å². The third kappa shape index (κ3) is 2.57. The molecule has 2 aromatic heterocycles. The molecule has 0 N–H and O–H groups in total. The third-order valence-electron chi connectivity index (χ3n) is 3.43.